The summed E-state index contributed by atoms with van der Waals surface area (Å²) in [5.74, 6) is 0.492. The summed E-state index contributed by atoms with van der Waals surface area (Å²) in [4.78, 5) is 18.0. The number of nitrogens with zero attached hydrogens (tertiary/aromatic N) is 4. The number of aromatic nitrogens is 3. The van der Waals surface area contributed by atoms with E-state index in [1.165, 1.54) is 6.20 Å². The number of hydrogen-bond donors (Lipinski definition) is 2. The van der Waals surface area contributed by atoms with Crippen molar-refractivity contribution in [2.24, 2.45) is 9.50 Å². The lowest BCUT2D eigenvalue weighted by Crippen LogP contribution is -2.21. The first-order valence-corrected chi connectivity index (χ1v) is 11.9. The molecular weight excluding hydrogens is 388 g/mol. The van der Waals surface area contributed by atoms with Gasteiger partial charge in [0, 0.05) is 23.9 Å². The van der Waals surface area contributed by atoms with E-state index >= 15 is 0 Å². The number of rotatable bonds is 3. The first kappa shape index (κ1) is 18.7. The first-order valence-electron chi connectivity index (χ1n) is 10.4. The third kappa shape index (κ3) is 3.36. The van der Waals surface area contributed by atoms with Crippen molar-refractivity contribution in [2.45, 2.75) is 75.6 Å². The van der Waals surface area contributed by atoms with Gasteiger partial charge in [0.25, 0.3) is 0 Å². The van der Waals surface area contributed by atoms with Gasteiger partial charge in [-0.05, 0) is 69.4 Å². The molecule has 3 N–H and O–H groups in total. The Bertz CT molecular complexity index is 1120. The van der Waals surface area contributed by atoms with Crippen molar-refractivity contribution in [1.29, 1.82) is 0 Å². The van der Waals surface area contributed by atoms with Gasteiger partial charge in [0.1, 0.15) is 14.8 Å². The van der Waals surface area contributed by atoms with Crippen LogP contribution < -0.4 is 10.5 Å². The van der Waals surface area contributed by atoms with Crippen LogP contribution in [0.1, 0.15) is 66.2 Å². The molecule has 29 heavy (non-hydrogen) atoms. The van der Waals surface area contributed by atoms with Crippen molar-refractivity contribution in [2.75, 3.05) is 5.32 Å². The zero-order chi connectivity index (χ0) is 20.2. The fourth-order valence-electron chi connectivity index (χ4n) is 4.57. The standard InChI is InChI=1S/C20H26N6O2S/c1-12-18(13-8-9-13)23-15-6-4-5-14(15)19(12)24-20(27)25-29(21,28)17-11-22-26-10-3-2-7-16(17)26/h11,13H,2-10H2,1H3,(H3,21,23,24,25,27,28). The Balaban J connectivity index is 1.48. The van der Waals surface area contributed by atoms with Gasteiger partial charge in [-0.15, -0.1) is 4.36 Å². The van der Waals surface area contributed by atoms with E-state index in [9.17, 15) is 9.00 Å². The predicted octanol–water partition coefficient (Wildman–Crippen LogP) is 3.22. The molecule has 3 heterocycles. The lowest BCUT2D eigenvalue weighted by molar-refractivity contribution is 0.260. The van der Waals surface area contributed by atoms with E-state index in [1.54, 1.807) is 0 Å². The van der Waals surface area contributed by atoms with Crippen LogP contribution in [0, 0.1) is 6.92 Å². The number of nitrogens with two attached hydrogens (primary N) is 1. The molecule has 2 aromatic rings. The van der Waals surface area contributed by atoms with Crippen LogP contribution in [-0.2, 0) is 35.7 Å². The molecule has 2 aromatic heterocycles. The van der Waals surface area contributed by atoms with Crippen molar-refractivity contribution in [3.63, 3.8) is 0 Å². The minimum Gasteiger partial charge on any atom is -0.305 e. The normalized spacial score (nSPS) is 19.9. The number of hydrogen-bond acceptors (Lipinski definition) is 4. The highest BCUT2D eigenvalue weighted by molar-refractivity contribution is 7.91. The lowest BCUT2D eigenvalue weighted by atomic mass is 10.0. The minimum atomic E-state index is -3.35. The summed E-state index contributed by atoms with van der Waals surface area (Å²) in [6.07, 6.45) is 9.43. The predicted molar refractivity (Wildman–Crippen MR) is 110 cm³/mol. The highest BCUT2D eigenvalue weighted by Crippen LogP contribution is 2.44. The number of aryl methyl sites for hydroxylation is 2. The molecular formula is C20H26N6O2S. The van der Waals surface area contributed by atoms with Gasteiger partial charge in [-0.1, -0.05) is 0 Å². The maximum atomic E-state index is 13.1. The molecule has 9 heteroatoms. The third-order valence-corrected chi connectivity index (χ3v) is 7.59. The molecule has 5 rings (SSSR count). The van der Waals surface area contributed by atoms with Crippen LogP contribution in [0.15, 0.2) is 15.5 Å². The monoisotopic (exact) mass is 414 g/mol. The average Bonchev–Trinajstić information content (AvgIpc) is 3.24. The quantitative estimate of drug-likeness (QED) is 0.802. The molecule has 8 nitrogen and oxygen atoms in total. The highest BCUT2D eigenvalue weighted by Gasteiger charge is 2.31. The molecule has 1 unspecified atom stereocenters. The van der Waals surface area contributed by atoms with E-state index in [0.29, 0.717) is 10.8 Å². The van der Waals surface area contributed by atoms with Gasteiger partial charge in [0.2, 0.25) is 0 Å². The molecule has 0 aromatic carbocycles. The Kier molecular flexibility index (Phi) is 4.47. The molecule has 0 spiro atoms. The van der Waals surface area contributed by atoms with Crippen LogP contribution >= 0.6 is 0 Å². The lowest BCUT2D eigenvalue weighted by Gasteiger charge is -2.16. The Morgan fingerprint density at radius 3 is 2.90 bits per heavy atom. The smallest absolute Gasteiger partial charge is 0.305 e. The zero-order valence-corrected chi connectivity index (χ0v) is 17.4. The number of carbonyl (C=O) groups is 1. The van der Waals surface area contributed by atoms with E-state index in [0.717, 1.165) is 91.8 Å². The summed E-state index contributed by atoms with van der Waals surface area (Å²) in [6.45, 7) is 2.78. The van der Waals surface area contributed by atoms with Gasteiger partial charge >= 0.3 is 6.03 Å². The Hall–Kier alpha value is -2.26. The SMILES string of the molecule is Cc1c(C2CC2)nc2c(c1NC(=O)N=S(N)(=O)c1cnn3c1CCCC3)CCC2. The highest BCUT2D eigenvalue weighted by atomic mass is 32.2. The van der Waals surface area contributed by atoms with E-state index < -0.39 is 15.9 Å². The largest absolute Gasteiger partial charge is 0.354 e. The minimum absolute atomic E-state index is 0.377. The van der Waals surface area contributed by atoms with E-state index in [-0.39, 0.29) is 0 Å². The number of nitrogens with one attached hydrogen (secondary N) is 1. The first-order chi connectivity index (χ1) is 13.9. The van der Waals surface area contributed by atoms with Crippen LogP contribution in [0.25, 0.3) is 0 Å². The van der Waals surface area contributed by atoms with Crippen molar-refractivity contribution in [3.8, 4) is 0 Å². The Labute approximate surface area is 170 Å². The number of anilines is 1. The molecule has 1 atom stereocenters. The topological polar surface area (TPSA) is 115 Å². The van der Waals surface area contributed by atoms with Crippen LogP contribution in [0.2, 0.25) is 0 Å². The second-order valence-electron chi connectivity index (χ2n) is 8.28. The van der Waals surface area contributed by atoms with Crippen LogP contribution in [0.4, 0.5) is 10.5 Å². The maximum absolute atomic E-state index is 13.1. The molecule has 0 bridgehead atoms. The van der Waals surface area contributed by atoms with Gasteiger partial charge in [0.05, 0.1) is 17.6 Å². The van der Waals surface area contributed by atoms with Crippen molar-refractivity contribution >= 4 is 21.6 Å². The van der Waals surface area contributed by atoms with E-state index in [4.69, 9.17) is 10.1 Å². The molecule has 3 aliphatic rings. The van der Waals surface area contributed by atoms with E-state index in [1.807, 2.05) is 11.6 Å². The van der Waals surface area contributed by atoms with Crippen LogP contribution in [0.3, 0.4) is 0 Å². The third-order valence-electron chi connectivity index (χ3n) is 6.18. The molecule has 2 aliphatic carbocycles. The number of amides is 2. The summed E-state index contributed by atoms with van der Waals surface area (Å²) in [6, 6.07) is -0.668. The van der Waals surface area contributed by atoms with Crippen molar-refractivity contribution < 1.29 is 9.00 Å². The number of fused-ring (bicyclic) bond motifs is 2. The Morgan fingerprint density at radius 1 is 1.28 bits per heavy atom. The Morgan fingerprint density at radius 2 is 2.10 bits per heavy atom. The fraction of sp³-hybridized carbons (Fsp3) is 0.550. The molecule has 2 amide bonds. The molecule has 1 saturated carbocycles. The van der Waals surface area contributed by atoms with Crippen LogP contribution in [-0.4, -0.2) is 25.0 Å². The molecule has 0 radical (unpaired) electrons. The summed E-state index contributed by atoms with van der Waals surface area (Å²) in [5.41, 5.74) is 5.87. The molecule has 1 aliphatic heterocycles. The van der Waals surface area contributed by atoms with Gasteiger partial charge in [0.15, 0.2) is 0 Å². The van der Waals surface area contributed by atoms with Crippen LogP contribution in [0.5, 0.6) is 0 Å². The maximum Gasteiger partial charge on any atom is 0.354 e. The van der Waals surface area contributed by atoms with Crippen molar-refractivity contribution in [1.82, 2.24) is 14.8 Å². The average molecular weight is 415 g/mol. The number of urea groups is 1. The summed E-state index contributed by atoms with van der Waals surface area (Å²) in [5, 5.41) is 13.2. The van der Waals surface area contributed by atoms with Gasteiger partial charge in [-0.25, -0.2) is 14.1 Å². The second kappa shape index (κ2) is 6.91. The summed E-state index contributed by atoms with van der Waals surface area (Å²) >= 11 is 0. The second-order valence-corrected chi connectivity index (χ2v) is 10.0. The zero-order valence-electron chi connectivity index (χ0n) is 16.6. The van der Waals surface area contributed by atoms with Crippen molar-refractivity contribution in [3.05, 3.63) is 34.4 Å². The van der Waals surface area contributed by atoms with Gasteiger partial charge in [-0.2, -0.15) is 5.10 Å². The molecule has 1 fully saturated rings. The fourth-order valence-corrected chi connectivity index (χ4v) is 5.70. The molecule has 0 saturated heterocycles. The van der Waals surface area contributed by atoms with Gasteiger partial charge in [-0.3, -0.25) is 9.67 Å². The van der Waals surface area contributed by atoms with Gasteiger partial charge < -0.3 is 5.32 Å². The molecule has 154 valence electrons. The summed E-state index contributed by atoms with van der Waals surface area (Å²) < 4.78 is 18.8. The summed E-state index contributed by atoms with van der Waals surface area (Å²) in [7, 11) is -3.35. The number of carbonyl (C=O) groups excluding carboxylic acids is 1. The van der Waals surface area contributed by atoms with E-state index in [2.05, 4.69) is 14.8 Å². The number of pyridine rings is 1.